The molecule has 9 nitrogen and oxygen atoms in total. The molecule has 1 amide bonds. The number of ether oxygens (including phenoxy) is 3. The van der Waals surface area contributed by atoms with E-state index in [-0.39, 0.29) is 5.91 Å². The standard InChI is InChI=1S/C29H28BrN5O4/c1-4-38-23-8-6-5-7-22(23)34-28(36)26-18(2)33-29-31-17-32-35(29)27(26)20-11-14-24(25(15-20)37-3)39-16-19-9-12-21(30)13-10-19/h5-15,17,27H,4,16H2,1-3H3,(H,34,36)(H,31,32,33). The number of nitrogens with zero attached hydrogens (tertiary/aromatic N) is 3. The van der Waals surface area contributed by atoms with Gasteiger partial charge in [0.05, 0.1) is 25.0 Å². The van der Waals surface area contributed by atoms with Gasteiger partial charge in [0.1, 0.15) is 24.7 Å². The minimum atomic E-state index is -0.558. The zero-order valence-corrected chi connectivity index (χ0v) is 23.4. The van der Waals surface area contributed by atoms with Crippen molar-refractivity contribution in [1.82, 2.24) is 14.8 Å². The molecule has 4 aromatic rings. The Balaban J connectivity index is 1.47. The molecule has 1 aliphatic rings. The molecular weight excluding hydrogens is 562 g/mol. The first-order chi connectivity index (χ1) is 19.0. The lowest BCUT2D eigenvalue weighted by molar-refractivity contribution is -0.113. The minimum absolute atomic E-state index is 0.284. The highest BCUT2D eigenvalue weighted by atomic mass is 79.9. The number of amides is 1. The number of rotatable bonds is 9. The predicted molar refractivity (Wildman–Crippen MR) is 152 cm³/mol. The van der Waals surface area contributed by atoms with Gasteiger partial charge in [0.25, 0.3) is 5.91 Å². The first-order valence-electron chi connectivity index (χ1n) is 12.4. The van der Waals surface area contributed by atoms with Crippen molar-refractivity contribution in [2.75, 3.05) is 24.4 Å². The second-order valence-corrected chi connectivity index (χ2v) is 9.72. The highest BCUT2D eigenvalue weighted by Crippen LogP contribution is 2.39. The number of allylic oxidation sites excluding steroid dienone is 1. The van der Waals surface area contributed by atoms with E-state index in [4.69, 9.17) is 14.2 Å². The van der Waals surface area contributed by atoms with Gasteiger partial charge in [-0.05, 0) is 61.4 Å². The van der Waals surface area contributed by atoms with Gasteiger partial charge in [-0.2, -0.15) is 10.1 Å². The van der Waals surface area contributed by atoms with Gasteiger partial charge < -0.3 is 24.8 Å². The molecule has 39 heavy (non-hydrogen) atoms. The number of fused-ring (bicyclic) bond motifs is 1. The van der Waals surface area contributed by atoms with Crippen LogP contribution in [0.25, 0.3) is 0 Å². The summed E-state index contributed by atoms with van der Waals surface area (Å²) in [6, 6.07) is 20.4. The Morgan fingerprint density at radius 2 is 1.85 bits per heavy atom. The summed E-state index contributed by atoms with van der Waals surface area (Å²) in [5.41, 5.74) is 3.56. The SMILES string of the molecule is CCOc1ccccc1NC(=O)C1=C(C)Nc2ncnn2C1c1ccc(OCc2ccc(Br)cc2)c(OC)c1. The van der Waals surface area contributed by atoms with E-state index in [1.807, 2.05) is 80.6 Å². The van der Waals surface area contributed by atoms with Crippen molar-refractivity contribution in [3.63, 3.8) is 0 Å². The maximum atomic E-state index is 13.8. The second-order valence-electron chi connectivity index (χ2n) is 8.80. The second kappa shape index (κ2) is 11.6. The van der Waals surface area contributed by atoms with Crippen molar-refractivity contribution in [3.05, 3.63) is 99.9 Å². The fourth-order valence-corrected chi connectivity index (χ4v) is 4.71. The minimum Gasteiger partial charge on any atom is -0.493 e. The quantitative estimate of drug-likeness (QED) is 0.248. The molecule has 2 heterocycles. The first kappa shape index (κ1) is 26.3. The van der Waals surface area contributed by atoms with Gasteiger partial charge in [-0.1, -0.05) is 46.3 Å². The summed E-state index contributed by atoms with van der Waals surface area (Å²) in [6.07, 6.45) is 1.46. The van der Waals surface area contributed by atoms with Crippen LogP contribution >= 0.6 is 15.9 Å². The number of methoxy groups -OCH3 is 1. The summed E-state index contributed by atoms with van der Waals surface area (Å²) in [4.78, 5) is 18.1. The summed E-state index contributed by atoms with van der Waals surface area (Å²) >= 11 is 3.45. The van der Waals surface area contributed by atoms with E-state index in [1.165, 1.54) is 6.33 Å². The highest BCUT2D eigenvalue weighted by molar-refractivity contribution is 9.10. The van der Waals surface area contributed by atoms with Crippen molar-refractivity contribution in [3.8, 4) is 17.2 Å². The lowest BCUT2D eigenvalue weighted by Crippen LogP contribution is -2.31. The molecule has 1 aromatic heterocycles. The number of aromatic nitrogens is 3. The zero-order chi connectivity index (χ0) is 27.4. The van der Waals surface area contributed by atoms with Crippen LogP contribution in [-0.2, 0) is 11.4 Å². The van der Waals surface area contributed by atoms with Gasteiger partial charge in [-0.3, -0.25) is 4.79 Å². The van der Waals surface area contributed by atoms with Crippen LogP contribution in [0.5, 0.6) is 17.2 Å². The summed E-state index contributed by atoms with van der Waals surface area (Å²) < 4.78 is 20.2. The summed E-state index contributed by atoms with van der Waals surface area (Å²) in [6.45, 7) is 4.62. The third kappa shape index (κ3) is 5.61. The molecule has 3 aromatic carbocycles. The number of hydrogen-bond donors (Lipinski definition) is 2. The largest absolute Gasteiger partial charge is 0.493 e. The fraction of sp³-hybridized carbons (Fsp3) is 0.207. The van der Waals surface area contributed by atoms with Crippen LogP contribution in [0.1, 0.15) is 31.0 Å². The van der Waals surface area contributed by atoms with Gasteiger partial charge in [-0.15, -0.1) is 0 Å². The highest BCUT2D eigenvalue weighted by Gasteiger charge is 2.34. The van der Waals surface area contributed by atoms with Crippen LogP contribution in [0, 0.1) is 0 Å². The van der Waals surface area contributed by atoms with E-state index in [0.717, 1.165) is 15.6 Å². The van der Waals surface area contributed by atoms with E-state index < -0.39 is 6.04 Å². The van der Waals surface area contributed by atoms with Gasteiger partial charge in [0.15, 0.2) is 11.5 Å². The number of nitrogens with one attached hydrogen (secondary N) is 2. The van der Waals surface area contributed by atoms with Crippen LogP contribution in [0.4, 0.5) is 11.6 Å². The molecule has 1 aliphatic heterocycles. The van der Waals surface area contributed by atoms with Gasteiger partial charge in [0.2, 0.25) is 5.95 Å². The Morgan fingerprint density at radius 3 is 2.62 bits per heavy atom. The summed E-state index contributed by atoms with van der Waals surface area (Å²) in [5, 5.41) is 10.6. The van der Waals surface area contributed by atoms with E-state index >= 15 is 0 Å². The molecule has 1 unspecified atom stereocenters. The van der Waals surface area contributed by atoms with E-state index in [1.54, 1.807) is 11.8 Å². The van der Waals surface area contributed by atoms with Crippen molar-refractivity contribution in [1.29, 1.82) is 0 Å². The van der Waals surface area contributed by atoms with Crippen molar-refractivity contribution in [2.45, 2.75) is 26.5 Å². The molecule has 2 N–H and O–H groups in total. The molecule has 0 radical (unpaired) electrons. The van der Waals surface area contributed by atoms with Gasteiger partial charge in [0, 0.05) is 10.2 Å². The van der Waals surface area contributed by atoms with Gasteiger partial charge in [-0.25, -0.2) is 4.68 Å². The van der Waals surface area contributed by atoms with Crippen molar-refractivity contribution < 1.29 is 19.0 Å². The predicted octanol–water partition coefficient (Wildman–Crippen LogP) is 5.95. The molecule has 0 spiro atoms. The van der Waals surface area contributed by atoms with Crippen LogP contribution in [0.3, 0.4) is 0 Å². The average molecular weight is 590 g/mol. The molecule has 0 fully saturated rings. The van der Waals surface area contributed by atoms with Crippen molar-refractivity contribution >= 4 is 33.5 Å². The third-order valence-corrected chi connectivity index (χ3v) is 6.81. The smallest absolute Gasteiger partial charge is 0.255 e. The van der Waals surface area contributed by atoms with E-state index in [9.17, 15) is 4.79 Å². The zero-order valence-electron chi connectivity index (χ0n) is 21.8. The molecule has 0 saturated carbocycles. The van der Waals surface area contributed by atoms with E-state index in [2.05, 4.69) is 36.6 Å². The number of carbonyl (C=O) groups excluding carboxylic acids is 1. The Bertz CT molecular complexity index is 1520. The number of para-hydroxylation sites is 2. The normalized spacial score (nSPS) is 14.3. The Kier molecular flexibility index (Phi) is 7.83. The Hall–Kier alpha value is -4.31. The Labute approximate surface area is 234 Å². The molecule has 0 aliphatic carbocycles. The van der Waals surface area contributed by atoms with Crippen LogP contribution in [-0.4, -0.2) is 34.4 Å². The maximum Gasteiger partial charge on any atom is 0.255 e. The number of benzene rings is 3. The summed E-state index contributed by atoms with van der Waals surface area (Å²) in [7, 11) is 1.59. The van der Waals surface area contributed by atoms with Gasteiger partial charge >= 0.3 is 0 Å². The molecule has 200 valence electrons. The van der Waals surface area contributed by atoms with Crippen LogP contribution in [0.15, 0.2) is 88.8 Å². The topological polar surface area (TPSA) is 99.5 Å². The lowest BCUT2D eigenvalue weighted by atomic mass is 9.94. The molecule has 0 saturated heterocycles. The molecule has 5 rings (SSSR count). The number of halogens is 1. The van der Waals surface area contributed by atoms with Crippen molar-refractivity contribution in [2.24, 2.45) is 0 Å². The lowest BCUT2D eigenvalue weighted by Gasteiger charge is -2.29. The number of carbonyl (C=O) groups is 1. The van der Waals surface area contributed by atoms with Crippen LogP contribution < -0.4 is 24.8 Å². The number of anilines is 2. The fourth-order valence-electron chi connectivity index (χ4n) is 4.45. The molecular formula is C29H28BrN5O4. The average Bonchev–Trinajstić information content (AvgIpc) is 3.41. The first-order valence-corrected chi connectivity index (χ1v) is 13.2. The van der Waals surface area contributed by atoms with Crippen LogP contribution in [0.2, 0.25) is 0 Å². The Morgan fingerprint density at radius 1 is 1.05 bits per heavy atom. The monoisotopic (exact) mass is 589 g/mol. The molecule has 0 bridgehead atoms. The number of hydrogen-bond acceptors (Lipinski definition) is 7. The molecule has 10 heteroatoms. The van der Waals surface area contributed by atoms with E-state index in [0.29, 0.717) is 53.4 Å². The molecule has 1 atom stereocenters. The summed E-state index contributed by atoms with van der Waals surface area (Å²) in [5.74, 6) is 1.99. The maximum absolute atomic E-state index is 13.8. The third-order valence-electron chi connectivity index (χ3n) is 6.29.